The van der Waals surface area contributed by atoms with Gasteiger partial charge in [0.2, 0.25) is 0 Å². The second kappa shape index (κ2) is 3.70. The quantitative estimate of drug-likeness (QED) is 0.785. The zero-order valence-electron chi connectivity index (χ0n) is 5.88. The standard InChI is InChI=1S/C5H2BrF3N2OS/c6-3-1-2-4(11-10-3)13(12)5(7,8)9/h1-2H. The van der Waals surface area contributed by atoms with E-state index in [9.17, 15) is 17.4 Å². The Kier molecular flexibility index (Phi) is 3.01. The maximum atomic E-state index is 11.9. The van der Waals surface area contributed by atoms with Crippen molar-refractivity contribution >= 4 is 26.7 Å². The fourth-order valence-corrected chi connectivity index (χ4v) is 1.28. The van der Waals surface area contributed by atoms with Gasteiger partial charge in [0.05, 0.1) is 0 Å². The number of halogens is 4. The average molecular weight is 275 g/mol. The summed E-state index contributed by atoms with van der Waals surface area (Å²) >= 11 is 2.89. The van der Waals surface area contributed by atoms with Crippen molar-refractivity contribution in [2.24, 2.45) is 0 Å². The van der Waals surface area contributed by atoms with Crippen molar-refractivity contribution in [1.82, 2.24) is 10.2 Å². The smallest absolute Gasteiger partial charge is 0.243 e. The monoisotopic (exact) mass is 274 g/mol. The molecule has 0 aromatic carbocycles. The van der Waals surface area contributed by atoms with E-state index in [1.54, 1.807) is 0 Å². The predicted octanol–water partition coefficient (Wildman–Crippen LogP) is 1.87. The Balaban J connectivity index is 2.97. The number of hydrogen-bond acceptors (Lipinski definition) is 3. The van der Waals surface area contributed by atoms with E-state index in [1.807, 2.05) is 0 Å². The van der Waals surface area contributed by atoms with Crippen LogP contribution in [-0.4, -0.2) is 19.9 Å². The zero-order valence-corrected chi connectivity index (χ0v) is 8.28. The highest BCUT2D eigenvalue weighted by Gasteiger charge is 2.39. The Morgan fingerprint density at radius 1 is 1.31 bits per heavy atom. The van der Waals surface area contributed by atoms with E-state index in [0.29, 0.717) is 0 Å². The summed E-state index contributed by atoms with van der Waals surface area (Å²) in [6.07, 6.45) is 0. The first-order valence-electron chi connectivity index (χ1n) is 2.89. The molecular formula is C5H2BrF3N2OS. The van der Waals surface area contributed by atoms with Crippen LogP contribution in [0.1, 0.15) is 0 Å². The van der Waals surface area contributed by atoms with E-state index in [0.717, 1.165) is 6.07 Å². The third-order valence-electron chi connectivity index (χ3n) is 1.01. The SMILES string of the molecule is O=S(c1ccc(Br)nn1)C(F)(F)F. The molecule has 0 amide bonds. The van der Waals surface area contributed by atoms with E-state index < -0.39 is 21.3 Å². The summed E-state index contributed by atoms with van der Waals surface area (Å²) < 4.78 is 46.5. The minimum Gasteiger partial charge on any atom is -0.243 e. The molecule has 0 saturated heterocycles. The van der Waals surface area contributed by atoms with E-state index in [-0.39, 0.29) is 4.60 Å². The minimum atomic E-state index is -4.79. The Bertz CT molecular complexity index is 326. The van der Waals surface area contributed by atoms with Gasteiger partial charge >= 0.3 is 5.51 Å². The van der Waals surface area contributed by atoms with E-state index in [1.165, 1.54) is 6.07 Å². The second-order valence-electron chi connectivity index (χ2n) is 1.91. The highest BCUT2D eigenvalue weighted by molar-refractivity contribution is 9.10. The van der Waals surface area contributed by atoms with Gasteiger partial charge in [-0.1, -0.05) is 0 Å². The van der Waals surface area contributed by atoms with Crippen LogP contribution in [0.5, 0.6) is 0 Å². The van der Waals surface area contributed by atoms with Crippen LogP contribution in [0.3, 0.4) is 0 Å². The molecule has 1 aromatic heterocycles. The number of hydrogen-bond donors (Lipinski definition) is 0. The molecule has 1 heterocycles. The van der Waals surface area contributed by atoms with Gasteiger partial charge in [-0.2, -0.15) is 13.2 Å². The summed E-state index contributed by atoms with van der Waals surface area (Å²) in [5.74, 6) is 0. The van der Waals surface area contributed by atoms with Gasteiger partial charge in [0, 0.05) is 0 Å². The van der Waals surface area contributed by atoms with Crippen molar-refractivity contribution in [3.05, 3.63) is 16.7 Å². The van der Waals surface area contributed by atoms with Gasteiger partial charge in [0.1, 0.15) is 4.60 Å². The van der Waals surface area contributed by atoms with Gasteiger partial charge in [-0.25, -0.2) is 4.21 Å². The lowest BCUT2D eigenvalue weighted by Gasteiger charge is -2.03. The van der Waals surface area contributed by atoms with Gasteiger partial charge < -0.3 is 0 Å². The van der Waals surface area contributed by atoms with Crippen molar-refractivity contribution in [3.8, 4) is 0 Å². The molecule has 0 spiro atoms. The summed E-state index contributed by atoms with van der Waals surface area (Å²) in [6, 6.07) is 2.24. The van der Waals surface area contributed by atoms with Crippen LogP contribution < -0.4 is 0 Å². The second-order valence-corrected chi connectivity index (χ2v) is 4.14. The molecule has 0 fully saturated rings. The van der Waals surface area contributed by atoms with Crippen molar-refractivity contribution in [3.63, 3.8) is 0 Å². The summed E-state index contributed by atoms with van der Waals surface area (Å²) in [5, 5.41) is 5.81. The van der Waals surface area contributed by atoms with Crippen LogP contribution in [0.4, 0.5) is 13.2 Å². The third kappa shape index (κ3) is 2.73. The fraction of sp³-hybridized carbons (Fsp3) is 0.200. The lowest BCUT2D eigenvalue weighted by molar-refractivity contribution is -0.0386. The molecule has 0 aliphatic carbocycles. The summed E-state index contributed by atoms with van der Waals surface area (Å²) in [5.41, 5.74) is -4.79. The van der Waals surface area contributed by atoms with Crippen LogP contribution in [-0.2, 0) is 10.8 Å². The first kappa shape index (κ1) is 10.6. The predicted molar refractivity (Wildman–Crippen MR) is 42.2 cm³/mol. The van der Waals surface area contributed by atoms with Crippen molar-refractivity contribution in [2.45, 2.75) is 10.5 Å². The van der Waals surface area contributed by atoms with Crippen LogP contribution in [0.2, 0.25) is 0 Å². The number of alkyl halides is 3. The van der Waals surface area contributed by atoms with Gasteiger partial charge in [-0.05, 0) is 28.1 Å². The summed E-state index contributed by atoms with van der Waals surface area (Å²) in [6.45, 7) is 0. The van der Waals surface area contributed by atoms with Gasteiger partial charge in [-0.3, -0.25) is 0 Å². The van der Waals surface area contributed by atoms with Crippen molar-refractivity contribution in [1.29, 1.82) is 0 Å². The minimum absolute atomic E-state index is 0.287. The molecule has 0 radical (unpaired) electrons. The highest BCUT2D eigenvalue weighted by Crippen LogP contribution is 2.24. The number of aromatic nitrogens is 2. The molecule has 0 bridgehead atoms. The molecule has 1 aromatic rings. The molecule has 72 valence electrons. The zero-order chi connectivity index (χ0) is 10.1. The molecule has 8 heteroatoms. The normalized spacial score (nSPS) is 14.2. The molecule has 0 aliphatic heterocycles. The Hall–Kier alpha value is -0.500. The molecule has 0 N–H and O–H groups in total. The van der Waals surface area contributed by atoms with Gasteiger partial charge in [0.15, 0.2) is 15.8 Å². The highest BCUT2D eigenvalue weighted by atomic mass is 79.9. The third-order valence-corrected chi connectivity index (χ3v) is 2.45. The lowest BCUT2D eigenvalue weighted by atomic mass is 10.6. The average Bonchev–Trinajstić information content (AvgIpc) is 2.03. The van der Waals surface area contributed by atoms with E-state index >= 15 is 0 Å². The molecule has 0 saturated carbocycles. The van der Waals surface area contributed by atoms with E-state index in [4.69, 9.17) is 0 Å². The molecular weight excluding hydrogens is 273 g/mol. The lowest BCUT2D eigenvalue weighted by Crippen LogP contribution is -2.17. The van der Waals surface area contributed by atoms with Crippen LogP contribution in [0.25, 0.3) is 0 Å². The van der Waals surface area contributed by atoms with Crippen molar-refractivity contribution in [2.75, 3.05) is 0 Å². The van der Waals surface area contributed by atoms with Gasteiger partial charge in [-0.15, -0.1) is 10.2 Å². The van der Waals surface area contributed by atoms with Crippen LogP contribution in [0.15, 0.2) is 21.8 Å². The molecule has 13 heavy (non-hydrogen) atoms. The fourth-order valence-electron chi connectivity index (χ4n) is 0.521. The largest absolute Gasteiger partial charge is 0.477 e. The molecule has 1 atom stereocenters. The summed E-state index contributed by atoms with van der Waals surface area (Å²) in [4.78, 5) is 0. The summed E-state index contributed by atoms with van der Waals surface area (Å²) in [7, 11) is -3.10. The van der Waals surface area contributed by atoms with Crippen molar-refractivity contribution < 1.29 is 17.4 Å². The number of nitrogens with zero attached hydrogens (tertiary/aromatic N) is 2. The van der Waals surface area contributed by atoms with Crippen LogP contribution >= 0.6 is 15.9 Å². The van der Waals surface area contributed by atoms with Gasteiger partial charge in [0.25, 0.3) is 0 Å². The molecule has 0 aliphatic rings. The first-order chi connectivity index (χ1) is 5.91. The molecule has 3 nitrogen and oxygen atoms in total. The first-order valence-corrected chi connectivity index (χ1v) is 4.83. The van der Waals surface area contributed by atoms with E-state index in [2.05, 4.69) is 26.1 Å². The number of rotatable bonds is 1. The molecule has 1 unspecified atom stereocenters. The maximum Gasteiger partial charge on any atom is 0.477 e. The molecule has 1 rings (SSSR count). The Morgan fingerprint density at radius 2 is 1.92 bits per heavy atom. The topological polar surface area (TPSA) is 42.9 Å². The Labute approximate surface area is 81.9 Å². The maximum absolute atomic E-state index is 11.9. The van der Waals surface area contributed by atoms with Crippen LogP contribution in [0, 0.1) is 0 Å². The Morgan fingerprint density at radius 3 is 2.31 bits per heavy atom.